The molecule has 0 saturated heterocycles. The third-order valence-electron chi connectivity index (χ3n) is 2.84. The summed E-state index contributed by atoms with van der Waals surface area (Å²) in [6, 6.07) is 4.40. The summed E-state index contributed by atoms with van der Waals surface area (Å²) in [5.41, 5.74) is 4.75. The predicted molar refractivity (Wildman–Crippen MR) is 62.5 cm³/mol. The number of benzene rings is 1. The molecule has 0 unspecified atom stereocenters. The van der Waals surface area contributed by atoms with Gasteiger partial charge in [0.2, 0.25) is 0 Å². The number of alkyl halides is 3. The van der Waals surface area contributed by atoms with Crippen molar-refractivity contribution in [3.05, 3.63) is 29.8 Å². The van der Waals surface area contributed by atoms with Gasteiger partial charge in [0, 0.05) is 11.7 Å². The number of carbonyl (C=O) groups excluding carboxylic acids is 1. The Kier molecular flexibility index (Phi) is 3.66. The van der Waals surface area contributed by atoms with Crippen molar-refractivity contribution in [3.8, 4) is 0 Å². The van der Waals surface area contributed by atoms with Crippen molar-refractivity contribution in [2.45, 2.75) is 31.2 Å². The molecule has 104 valence electrons. The lowest BCUT2D eigenvalue weighted by Gasteiger charge is -2.31. The van der Waals surface area contributed by atoms with E-state index in [1.807, 2.05) is 0 Å². The van der Waals surface area contributed by atoms with E-state index in [1.54, 1.807) is 0 Å². The summed E-state index contributed by atoms with van der Waals surface area (Å²) >= 11 is 0. The first-order valence-corrected chi connectivity index (χ1v) is 5.75. The average Bonchev–Trinajstić information content (AvgIpc) is 2.26. The number of ether oxygens (including phenoxy) is 1. The van der Waals surface area contributed by atoms with Crippen LogP contribution in [0.5, 0.6) is 0 Å². The Morgan fingerprint density at radius 3 is 2.63 bits per heavy atom. The fraction of sp³-hybridized carbons (Fsp3) is 0.417. The lowest BCUT2D eigenvalue weighted by Crippen LogP contribution is -2.43. The van der Waals surface area contributed by atoms with Crippen molar-refractivity contribution in [1.82, 2.24) is 0 Å². The van der Waals surface area contributed by atoms with Gasteiger partial charge in [0.25, 0.3) is 0 Å². The molecule has 4 nitrogen and oxygen atoms in total. The molecular formula is C12H13F3N2O2. The van der Waals surface area contributed by atoms with Crippen molar-refractivity contribution in [1.29, 1.82) is 0 Å². The maximum absolute atomic E-state index is 12.5. The number of halogens is 3. The van der Waals surface area contributed by atoms with E-state index in [0.29, 0.717) is 12.8 Å². The van der Waals surface area contributed by atoms with Gasteiger partial charge < -0.3 is 10.5 Å². The summed E-state index contributed by atoms with van der Waals surface area (Å²) < 4.78 is 42.4. The fourth-order valence-electron chi connectivity index (χ4n) is 1.77. The van der Waals surface area contributed by atoms with Crippen LogP contribution in [0.15, 0.2) is 24.3 Å². The summed E-state index contributed by atoms with van der Waals surface area (Å²) in [5.74, 6) is 0. The second-order valence-corrected chi connectivity index (χ2v) is 4.46. The second kappa shape index (κ2) is 5.08. The number of hydrogen-bond donors (Lipinski definition) is 2. The predicted octanol–water partition coefficient (Wildman–Crippen LogP) is 2.74. The first-order chi connectivity index (χ1) is 8.84. The number of rotatable bonds is 2. The molecule has 1 aliphatic rings. The average molecular weight is 274 g/mol. The third kappa shape index (κ3) is 3.60. The first-order valence-electron chi connectivity index (χ1n) is 5.75. The fourth-order valence-corrected chi connectivity index (χ4v) is 1.77. The largest absolute Gasteiger partial charge is 0.446 e. The van der Waals surface area contributed by atoms with Gasteiger partial charge >= 0.3 is 12.3 Å². The molecule has 0 heterocycles. The second-order valence-electron chi connectivity index (χ2n) is 4.46. The van der Waals surface area contributed by atoms with Crippen LogP contribution in [0.2, 0.25) is 0 Å². The van der Waals surface area contributed by atoms with Crippen LogP contribution >= 0.6 is 0 Å². The maximum atomic E-state index is 12.5. The van der Waals surface area contributed by atoms with Gasteiger partial charge in [-0.05, 0) is 31.0 Å². The summed E-state index contributed by atoms with van der Waals surface area (Å²) in [6.45, 7) is 0. The highest BCUT2D eigenvalue weighted by Gasteiger charge is 2.31. The lowest BCUT2D eigenvalue weighted by atomic mass is 9.90. The van der Waals surface area contributed by atoms with Crippen LogP contribution in [0.3, 0.4) is 0 Å². The molecule has 1 amide bonds. The molecule has 0 aliphatic heterocycles. The molecular weight excluding hydrogens is 261 g/mol. The zero-order valence-electron chi connectivity index (χ0n) is 9.91. The first kappa shape index (κ1) is 13.7. The van der Waals surface area contributed by atoms with Gasteiger partial charge in [0.15, 0.2) is 0 Å². The third-order valence-corrected chi connectivity index (χ3v) is 2.84. The van der Waals surface area contributed by atoms with E-state index in [1.165, 1.54) is 12.1 Å². The van der Waals surface area contributed by atoms with Crippen LogP contribution in [0.25, 0.3) is 0 Å². The van der Waals surface area contributed by atoms with Crippen LogP contribution in [0.1, 0.15) is 18.4 Å². The quantitative estimate of drug-likeness (QED) is 0.871. The molecule has 1 saturated carbocycles. The SMILES string of the molecule is NC1CC(OC(=O)Nc2cccc(C(F)(F)F)c2)C1. The Morgan fingerprint density at radius 1 is 1.37 bits per heavy atom. The molecule has 19 heavy (non-hydrogen) atoms. The molecule has 0 atom stereocenters. The maximum Gasteiger partial charge on any atom is 0.416 e. The van der Waals surface area contributed by atoms with Crippen molar-refractivity contribution in [3.63, 3.8) is 0 Å². The molecule has 1 aromatic carbocycles. The van der Waals surface area contributed by atoms with Crippen LogP contribution in [-0.4, -0.2) is 18.2 Å². The van der Waals surface area contributed by atoms with Crippen LogP contribution in [0, 0.1) is 0 Å². The standard InChI is InChI=1S/C12H13F3N2O2/c13-12(14,15)7-2-1-3-9(4-7)17-11(18)19-10-5-8(16)6-10/h1-4,8,10H,5-6,16H2,(H,17,18). The van der Waals surface area contributed by atoms with Crippen molar-refractivity contribution >= 4 is 11.8 Å². The van der Waals surface area contributed by atoms with Gasteiger partial charge in [0.1, 0.15) is 6.10 Å². The minimum absolute atomic E-state index is 0.0337. The number of hydrogen-bond acceptors (Lipinski definition) is 3. The van der Waals surface area contributed by atoms with Gasteiger partial charge in [-0.2, -0.15) is 13.2 Å². The Labute approximate surface area is 107 Å². The van der Waals surface area contributed by atoms with E-state index in [2.05, 4.69) is 5.32 Å². The molecule has 3 N–H and O–H groups in total. The van der Waals surface area contributed by atoms with Crippen molar-refractivity contribution in [2.24, 2.45) is 5.73 Å². The number of nitrogens with one attached hydrogen (secondary N) is 1. The van der Waals surface area contributed by atoms with Crippen molar-refractivity contribution in [2.75, 3.05) is 5.32 Å². The molecule has 0 bridgehead atoms. The zero-order valence-corrected chi connectivity index (χ0v) is 9.91. The van der Waals surface area contributed by atoms with E-state index < -0.39 is 17.8 Å². The number of carbonyl (C=O) groups is 1. The zero-order chi connectivity index (χ0) is 14.0. The van der Waals surface area contributed by atoms with E-state index in [4.69, 9.17) is 10.5 Å². The van der Waals surface area contributed by atoms with E-state index in [-0.39, 0.29) is 17.8 Å². The lowest BCUT2D eigenvalue weighted by molar-refractivity contribution is -0.137. The van der Waals surface area contributed by atoms with E-state index in [9.17, 15) is 18.0 Å². The van der Waals surface area contributed by atoms with Crippen LogP contribution in [0.4, 0.5) is 23.7 Å². The highest BCUT2D eigenvalue weighted by atomic mass is 19.4. The number of anilines is 1. The number of amides is 1. The summed E-state index contributed by atoms with van der Waals surface area (Å²) in [6.07, 6.45) is -4.30. The molecule has 1 aromatic rings. The smallest absolute Gasteiger partial charge is 0.416 e. The Hall–Kier alpha value is -1.76. The minimum atomic E-state index is -4.44. The van der Waals surface area contributed by atoms with Gasteiger partial charge in [0.05, 0.1) is 5.56 Å². The van der Waals surface area contributed by atoms with Crippen LogP contribution in [-0.2, 0) is 10.9 Å². The molecule has 0 radical (unpaired) electrons. The van der Waals surface area contributed by atoms with Crippen LogP contribution < -0.4 is 11.1 Å². The Balaban J connectivity index is 1.93. The molecule has 2 rings (SSSR count). The normalized spacial score (nSPS) is 22.5. The van der Waals surface area contributed by atoms with Crippen molar-refractivity contribution < 1.29 is 22.7 Å². The minimum Gasteiger partial charge on any atom is -0.446 e. The van der Waals surface area contributed by atoms with Gasteiger partial charge in [-0.25, -0.2) is 4.79 Å². The monoisotopic (exact) mass is 274 g/mol. The van der Waals surface area contributed by atoms with E-state index >= 15 is 0 Å². The highest BCUT2D eigenvalue weighted by Crippen LogP contribution is 2.30. The molecule has 7 heteroatoms. The summed E-state index contributed by atoms with van der Waals surface area (Å²) in [7, 11) is 0. The molecule has 0 spiro atoms. The van der Waals surface area contributed by atoms with Gasteiger partial charge in [-0.3, -0.25) is 5.32 Å². The molecule has 0 aromatic heterocycles. The summed E-state index contributed by atoms with van der Waals surface area (Å²) in [4.78, 5) is 11.4. The Morgan fingerprint density at radius 2 is 2.05 bits per heavy atom. The number of nitrogens with two attached hydrogens (primary N) is 1. The van der Waals surface area contributed by atoms with E-state index in [0.717, 1.165) is 12.1 Å². The van der Waals surface area contributed by atoms with Gasteiger partial charge in [-0.1, -0.05) is 6.07 Å². The molecule has 1 aliphatic carbocycles. The topological polar surface area (TPSA) is 64.3 Å². The Bertz CT molecular complexity index is 470. The molecule has 1 fully saturated rings. The summed E-state index contributed by atoms with van der Waals surface area (Å²) in [5, 5.41) is 2.27. The highest BCUT2D eigenvalue weighted by molar-refractivity contribution is 5.84. The van der Waals surface area contributed by atoms with Gasteiger partial charge in [-0.15, -0.1) is 0 Å².